The molecule has 0 aliphatic heterocycles. The summed E-state index contributed by atoms with van der Waals surface area (Å²) in [5, 5.41) is 4.60. The summed E-state index contributed by atoms with van der Waals surface area (Å²) in [4.78, 5) is 17.8. The summed E-state index contributed by atoms with van der Waals surface area (Å²) in [6.07, 6.45) is 0.722. The number of halogens is 1. The minimum Gasteiger partial charge on any atom is -0.352 e. The van der Waals surface area contributed by atoms with Crippen molar-refractivity contribution < 1.29 is 4.79 Å². The van der Waals surface area contributed by atoms with Crippen LogP contribution in [0.15, 0.2) is 78.9 Å². The van der Waals surface area contributed by atoms with Crippen molar-refractivity contribution in [3.05, 3.63) is 101 Å². The maximum absolute atomic E-state index is 13.0. The molecule has 4 heteroatoms. The minimum absolute atomic E-state index is 0.0968. The number of hydrogen-bond donors (Lipinski definition) is 1. The van der Waals surface area contributed by atoms with Gasteiger partial charge in [0.1, 0.15) is 0 Å². The number of aromatic nitrogens is 1. The molecule has 3 aromatic carbocycles. The summed E-state index contributed by atoms with van der Waals surface area (Å²) in [6, 6.07) is 25.4. The summed E-state index contributed by atoms with van der Waals surface area (Å²) in [5.74, 6) is -0.0968. The van der Waals surface area contributed by atoms with Gasteiger partial charge in [-0.15, -0.1) is 0 Å². The van der Waals surface area contributed by atoms with Crippen LogP contribution in [0.1, 0.15) is 21.5 Å². The second-order valence-corrected chi connectivity index (χ2v) is 7.46. The lowest BCUT2D eigenvalue weighted by molar-refractivity contribution is 0.0956. The van der Waals surface area contributed by atoms with Crippen LogP contribution in [0.2, 0.25) is 5.02 Å². The molecule has 0 unspecified atom stereocenters. The molecule has 0 saturated heterocycles. The SMILES string of the molecule is Cc1ccccc1-c1cc(C(=O)NCCc2cccc(Cl)c2)c2ccccc2n1. The Morgan fingerprint density at radius 3 is 2.59 bits per heavy atom. The zero-order valence-electron chi connectivity index (χ0n) is 16.2. The van der Waals surface area contributed by atoms with E-state index in [-0.39, 0.29) is 5.91 Å². The number of benzene rings is 3. The Morgan fingerprint density at radius 1 is 0.966 bits per heavy atom. The van der Waals surface area contributed by atoms with Crippen LogP contribution >= 0.6 is 11.6 Å². The van der Waals surface area contributed by atoms with E-state index in [4.69, 9.17) is 16.6 Å². The number of hydrogen-bond acceptors (Lipinski definition) is 2. The van der Waals surface area contributed by atoms with Crippen molar-refractivity contribution in [3.8, 4) is 11.3 Å². The molecule has 4 rings (SSSR count). The maximum atomic E-state index is 13.0. The molecule has 0 saturated carbocycles. The number of carbonyl (C=O) groups is 1. The molecule has 3 nitrogen and oxygen atoms in total. The Bertz CT molecular complexity index is 1190. The van der Waals surface area contributed by atoms with Crippen LogP contribution in [0.3, 0.4) is 0 Å². The number of nitrogens with zero attached hydrogens (tertiary/aromatic N) is 1. The summed E-state index contributed by atoms with van der Waals surface area (Å²) in [5.41, 5.74) is 5.52. The van der Waals surface area contributed by atoms with Crippen molar-refractivity contribution in [2.45, 2.75) is 13.3 Å². The number of nitrogens with one attached hydrogen (secondary N) is 1. The van der Waals surface area contributed by atoms with E-state index >= 15 is 0 Å². The van der Waals surface area contributed by atoms with Gasteiger partial charge in [0, 0.05) is 22.5 Å². The lowest BCUT2D eigenvalue weighted by Crippen LogP contribution is -2.26. The molecule has 0 radical (unpaired) electrons. The van der Waals surface area contributed by atoms with Gasteiger partial charge in [-0.2, -0.15) is 0 Å². The van der Waals surface area contributed by atoms with Gasteiger partial charge in [0.25, 0.3) is 5.91 Å². The fourth-order valence-electron chi connectivity index (χ4n) is 3.47. The summed E-state index contributed by atoms with van der Waals surface area (Å²) in [6.45, 7) is 2.59. The third-order valence-corrected chi connectivity index (χ3v) is 5.21. The second kappa shape index (κ2) is 8.46. The van der Waals surface area contributed by atoms with Crippen molar-refractivity contribution in [3.63, 3.8) is 0 Å². The van der Waals surface area contributed by atoms with Gasteiger partial charge in [-0.3, -0.25) is 4.79 Å². The molecular formula is C25H21ClN2O. The molecule has 0 atom stereocenters. The average Bonchev–Trinajstić information content (AvgIpc) is 2.73. The van der Waals surface area contributed by atoms with Gasteiger partial charge in [-0.25, -0.2) is 4.98 Å². The zero-order valence-corrected chi connectivity index (χ0v) is 16.9. The van der Waals surface area contributed by atoms with Crippen LogP contribution in [0, 0.1) is 6.92 Å². The van der Waals surface area contributed by atoms with Crippen LogP contribution in [0.4, 0.5) is 0 Å². The molecule has 29 heavy (non-hydrogen) atoms. The molecule has 1 amide bonds. The van der Waals surface area contributed by atoms with Gasteiger partial charge < -0.3 is 5.32 Å². The molecule has 1 heterocycles. The first-order valence-electron chi connectivity index (χ1n) is 9.60. The molecular weight excluding hydrogens is 380 g/mol. The molecule has 1 N–H and O–H groups in total. The van der Waals surface area contributed by atoms with Crippen molar-refractivity contribution in [2.75, 3.05) is 6.54 Å². The molecule has 144 valence electrons. The van der Waals surface area contributed by atoms with Crippen molar-refractivity contribution >= 4 is 28.4 Å². The predicted octanol–water partition coefficient (Wildman–Crippen LogP) is 5.84. The first-order chi connectivity index (χ1) is 14.1. The molecule has 0 spiro atoms. The number of pyridine rings is 1. The molecule has 0 bridgehead atoms. The minimum atomic E-state index is -0.0968. The van der Waals surface area contributed by atoms with Crippen molar-refractivity contribution in [1.82, 2.24) is 10.3 Å². The largest absolute Gasteiger partial charge is 0.352 e. The molecule has 0 aliphatic rings. The normalized spacial score (nSPS) is 10.8. The summed E-state index contributed by atoms with van der Waals surface area (Å²) < 4.78 is 0. The van der Waals surface area contributed by atoms with Crippen molar-refractivity contribution in [1.29, 1.82) is 0 Å². The van der Waals surface area contributed by atoms with Crippen molar-refractivity contribution in [2.24, 2.45) is 0 Å². The Balaban J connectivity index is 1.63. The Morgan fingerprint density at radius 2 is 1.76 bits per heavy atom. The quantitative estimate of drug-likeness (QED) is 0.457. The van der Waals surface area contributed by atoms with Gasteiger partial charge in [-0.1, -0.05) is 66.2 Å². The number of aryl methyl sites for hydroxylation is 1. The van der Waals surface area contributed by atoms with Crippen LogP contribution in [0.25, 0.3) is 22.2 Å². The van der Waals surface area contributed by atoms with E-state index in [1.807, 2.05) is 72.8 Å². The van der Waals surface area contributed by atoms with Gasteiger partial charge in [0.2, 0.25) is 0 Å². The van der Waals surface area contributed by atoms with E-state index in [0.29, 0.717) is 17.1 Å². The van der Waals surface area contributed by atoms with Gasteiger partial charge in [0.05, 0.1) is 16.8 Å². The van der Waals surface area contributed by atoms with Crippen LogP contribution in [0.5, 0.6) is 0 Å². The Kier molecular flexibility index (Phi) is 5.59. The van der Waals surface area contributed by atoms with E-state index in [1.165, 1.54) is 0 Å². The number of para-hydroxylation sites is 1. The average molecular weight is 401 g/mol. The van der Waals surface area contributed by atoms with Crippen LogP contribution in [-0.2, 0) is 6.42 Å². The zero-order chi connectivity index (χ0) is 20.2. The third-order valence-electron chi connectivity index (χ3n) is 4.97. The maximum Gasteiger partial charge on any atom is 0.252 e. The predicted molar refractivity (Wildman–Crippen MR) is 119 cm³/mol. The monoisotopic (exact) mass is 400 g/mol. The van der Waals surface area contributed by atoms with E-state index in [9.17, 15) is 4.79 Å². The topological polar surface area (TPSA) is 42.0 Å². The smallest absolute Gasteiger partial charge is 0.252 e. The van der Waals surface area contributed by atoms with E-state index in [2.05, 4.69) is 18.3 Å². The molecule has 4 aromatic rings. The second-order valence-electron chi connectivity index (χ2n) is 7.02. The molecule has 0 fully saturated rings. The summed E-state index contributed by atoms with van der Waals surface area (Å²) >= 11 is 6.04. The fraction of sp³-hybridized carbons (Fsp3) is 0.120. The van der Waals surface area contributed by atoms with E-state index in [1.54, 1.807) is 0 Å². The number of rotatable bonds is 5. The first-order valence-corrected chi connectivity index (χ1v) is 9.98. The number of carbonyl (C=O) groups excluding carboxylic acids is 1. The molecule has 0 aliphatic carbocycles. The first kappa shape index (κ1) is 19.2. The summed E-state index contributed by atoms with van der Waals surface area (Å²) in [7, 11) is 0. The fourth-order valence-corrected chi connectivity index (χ4v) is 3.68. The van der Waals surface area contributed by atoms with Gasteiger partial charge >= 0.3 is 0 Å². The standard InChI is InChI=1S/C25H21ClN2O/c1-17-7-2-3-10-20(17)24-16-22(21-11-4-5-12-23(21)28-24)25(29)27-14-13-18-8-6-9-19(26)15-18/h2-12,15-16H,13-14H2,1H3,(H,27,29). The lowest BCUT2D eigenvalue weighted by atomic mass is 10.0. The Labute approximate surface area is 175 Å². The van der Waals surface area contributed by atoms with E-state index < -0.39 is 0 Å². The highest BCUT2D eigenvalue weighted by atomic mass is 35.5. The highest BCUT2D eigenvalue weighted by Crippen LogP contribution is 2.27. The lowest BCUT2D eigenvalue weighted by Gasteiger charge is -2.12. The molecule has 1 aromatic heterocycles. The van der Waals surface area contributed by atoms with Crippen LogP contribution in [-0.4, -0.2) is 17.4 Å². The van der Waals surface area contributed by atoms with Crippen LogP contribution < -0.4 is 5.32 Å². The highest BCUT2D eigenvalue weighted by molar-refractivity contribution is 6.30. The van der Waals surface area contributed by atoms with Gasteiger partial charge in [0.15, 0.2) is 0 Å². The highest BCUT2D eigenvalue weighted by Gasteiger charge is 2.14. The number of fused-ring (bicyclic) bond motifs is 1. The third kappa shape index (κ3) is 4.30. The number of amides is 1. The van der Waals surface area contributed by atoms with Gasteiger partial charge in [-0.05, 0) is 48.7 Å². The van der Waals surface area contributed by atoms with E-state index in [0.717, 1.165) is 39.7 Å². The Hall–Kier alpha value is -3.17.